The maximum atomic E-state index is 13.2. The van der Waals surface area contributed by atoms with Crippen LogP contribution in [0.2, 0.25) is 0 Å². The average molecular weight is 377 g/mol. The SMILES string of the molecule is CCOC(=O)C1C(CC)NNC1S(=O)(=O)NCc1cc(F)cc(F)c1. The Morgan fingerprint density at radius 1 is 1.20 bits per heavy atom. The lowest BCUT2D eigenvalue weighted by atomic mass is 10.00. The van der Waals surface area contributed by atoms with Crippen molar-refractivity contribution in [3.8, 4) is 0 Å². The highest BCUT2D eigenvalue weighted by atomic mass is 32.2. The number of carbonyl (C=O) groups excluding carboxylic acids is 1. The zero-order valence-electron chi connectivity index (χ0n) is 13.9. The fourth-order valence-electron chi connectivity index (χ4n) is 2.72. The van der Waals surface area contributed by atoms with E-state index < -0.39 is 45.0 Å². The molecule has 2 rings (SSSR count). The molecule has 10 heteroatoms. The van der Waals surface area contributed by atoms with Crippen LogP contribution in [0.3, 0.4) is 0 Å². The van der Waals surface area contributed by atoms with Crippen molar-refractivity contribution < 1.29 is 26.7 Å². The Kier molecular flexibility index (Phi) is 6.44. The second-order valence-corrected chi connectivity index (χ2v) is 7.53. The molecule has 7 nitrogen and oxygen atoms in total. The summed E-state index contributed by atoms with van der Waals surface area (Å²) >= 11 is 0. The summed E-state index contributed by atoms with van der Waals surface area (Å²) < 4.78 is 58.7. The molecule has 1 aliphatic heterocycles. The molecule has 1 aliphatic rings. The Balaban J connectivity index is 2.15. The number of halogens is 2. The van der Waals surface area contributed by atoms with Gasteiger partial charge in [-0.15, -0.1) is 0 Å². The van der Waals surface area contributed by atoms with Crippen LogP contribution in [0, 0.1) is 17.6 Å². The van der Waals surface area contributed by atoms with Gasteiger partial charge in [-0.3, -0.25) is 10.2 Å². The number of rotatable bonds is 7. The fourth-order valence-corrected chi connectivity index (χ4v) is 4.18. The number of nitrogens with one attached hydrogen (secondary N) is 3. The molecule has 0 saturated carbocycles. The summed E-state index contributed by atoms with van der Waals surface area (Å²) in [5.74, 6) is -3.17. The maximum Gasteiger partial charge on any atom is 0.313 e. The van der Waals surface area contributed by atoms with E-state index >= 15 is 0 Å². The topological polar surface area (TPSA) is 96.5 Å². The van der Waals surface area contributed by atoms with E-state index in [4.69, 9.17) is 4.74 Å². The number of hydrogen-bond acceptors (Lipinski definition) is 6. The molecule has 3 atom stereocenters. The van der Waals surface area contributed by atoms with Gasteiger partial charge in [0.25, 0.3) is 0 Å². The van der Waals surface area contributed by atoms with E-state index in [1.807, 2.05) is 6.92 Å². The number of sulfonamides is 1. The molecule has 1 aromatic rings. The Labute approximate surface area is 145 Å². The molecule has 1 heterocycles. The first-order valence-corrected chi connectivity index (χ1v) is 9.44. The summed E-state index contributed by atoms with van der Waals surface area (Å²) in [5.41, 5.74) is 5.51. The van der Waals surface area contributed by atoms with Crippen LogP contribution in [0.5, 0.6) is 0 Å². The molecule has 1 fully saturated rings. The second-order valence-electron chi connectivity index (χ2n) is 5.65. The molecule has 0 bridgehead atoms. The molecule has 0 aromatic heterocycles. The van der Waals surface area contributed by atoms with E-state index in [9.17, 15) is 22.0 Å². The molecule has 3 N–H and O–H groups in total. The minimum atomic E-state index is -4.01. The highest BCUT2D eigenvalue weighted by Gasteiger charge is 2.47. The van der Waals surface area contributed by atoms with Crippen LogP contribution < -0.4 is 15.6 Å². The Morgan fingerprint density at radius 2 is 1.84 bits per heavy atom. The molecule has 0 spiro atoms. The van der Waals surface area contributed by atoms with Crippen LogP contribution in [-0.2, 0) is 26.1 Å². The number of carbonyl (C=O) groups is 1. The number of benzene rings is 1. The van der Waals surface area contributed by atoms with Gasteiger partial charge in [-0.1, -0.05) is 6.92 Å². The number of hydrogen-bond donors (Lipinski definition) is 3. The predicted molar refractivity (Wildman–Crippen MR) is 86.4 cm³/mol. The summed E-state index contributed by atoms with van der Waals surface area (Å²) in [6.45, 7) is 3.27. The van der Waals surface area contributed by atoms with Gasteiger partial charge in [0, 0.05) is 18.7 Å². The van der Waals surface area contributed by atoms with Crippen LogP contribution in [0.15, 0.2) is 18.2 Å². The summed E-state index contributed by atoms with van der Waals surface area (Å²) in [6.07, 6.45) is 0.512. The van der Waals surface area contributed by atoms with Gasteiger partial charge in [-0.05, 0) is 31.0 Å². The van der Waals surface area contributed by atoms with Crippen molar-refractivity contribution in [1.82, 2.24) is 15.6 Å². The van der Waals surface area contributed by atoms with Gasteiger partial charge >= 0.3 is 5.97 Å². The minimum absolute atomic E-state index is 0.131. The van der Waals surface area contributed by atoms with Crippen LogP contribution in [0.1, 0.15) is 25.8 Å². The highest BCUT2D eigenvalue weighted by Crippen LogP contribution is 2.23. The third-order valence-corrected chi connectivity index (χ3v) is 5.53. The molecule has 140 valence electrons. The molecule has 0 amide bonds. The van der Waals surface area contributed by atoms with Crippen molar-refractivity contribution in [3.05, 3.63) is 35.4 Å². The molecule has 0 radical (unpaired) electrons. The van der Waals surface area contributed by atoms with Gasteiger partial charge in [0.05, 0.1) is 6.61 Å². The molecule has 25 heavy (non-hydrogen) atoms. The molecule has 0 aliphatic carbocycles. The highest BCUT2D eigenvalue weighted by molar-refractivity contribution is 7.90. The quantitative estimate of drug-likeness (QED) is 0.608. The normalized spacial score (nSPS) is 23.6. The number of esters is 1. The van der Waals surface area contributed by atoms with Crippen LogP contribution in [0.4, 0.5) is 8.78 Å². The van der Waals surface area contributed by atoms with E-state index in [0.29, 0.717) is 12.5 Å². The van der Waals surface area contributed by atoms with Crippen LogP contribution in [-0.4, -0.2) is 32.4 Å². The number of ether oxygens (including phenoxy) is 1. The summed E-state index contributed by atoms with van der Waals surface area (Å²) in [5, 5.41) is -1.25. The van der Waals surface area contributed by atoms with Crippen LogP contribution >= 0.6 is 0 Å². The molecule has 1 aromatic carbocycles. The van der Waals surface area contributed by atoms with Crippen molar-refractivity contribution >= 4 is 16.0 Å². The molecular formula is C15H21F2N3O4S. The van der Waals surface area contributed by atoms with Crippen molar-refractivity contribution in [3.63, 3.8) is 0 Å². The largest absolute Gasteiger partial charge is 0.466 e. The lowest BCUT2D eigenvalue weighted by molar-refractivity contribution is -0.148. The lowest BCUT2D eigenvalue weighted by Crippen LogP contribution is -2.47. The van der Waals surface area contributed by atoms with Crippen molar-refractivity contribution in [2.24, 2.45) is 5.92 Å². The van der Waals surface area contributed by atoms with Gasteiger partial charge in [0.1, 0.15) is 17.6 Å². The predicted octanol–water partition coefficient (Wildman–Crippen LogP) is 0.776. The van der Waals surface area contributed by atoms with E-state index in [2.05, 4.69) is 15.6 Å². The summed E-state index contributed by atoms with van der Waals surface area (Å²) in [4.78, 5) is 12.1. The maximum absolute atomic E-state index is 13.2. The average Bonchev–Trinajstić information content (AvgIpc) is 2.97. The standard InChI is InChI=1S/C15H21F2N3O4S/c1-3-12-13(15(21)24-4-2)14(20-19-12)25(22,23)18-8-9-5-10(16)7-11(17)6-9/h5-7,12-14,18-20H,3-4,8H2,1-2H3. The van der Waals surface area contributed by atoms with Gasteiger partial charge in [0.15, 0.2) is 5.37 Å². The van der Waals surface area contributed by atoms with Gasteiger partial charge in [-0.25, -0.2) is 27.3 Å². The second kappa shape index (κ2) is 8.17. The Hall–Kier alpha value is -1.62. The molecule has 3 unspecified atom stereocenters. The van der Waals surface area contributed by atoms with E-state index in [1.54, 1.807) is 6.92 Å². The third kappa shape index (κ3) is 4.72. The number of hydrazine groups is 1. The van der Waals surface area contributed by atoms with E-state index in [0.717, 1.165) is 12.1 Å². The zero-order valence-corrected chi connectivity index (χ0v) is 14.7. The van der Waals surface area contributed by atoms with Crippen molar-refractivity contribution in [1.29, 1.82) is 0 Å². The van der Waals surface area contributed by atoms with Gasteiger partial charge < -0.3 is 4.74 Å². The van der Waals surface area contributed by atoms with Gasteiger partial charge in [0.2, 0.25) is 10.0 Å². The van der Waals surface area contributed by atoms with Gasteiger partial charge in [-0.2, -0.15) is 0 Å². The minimum Gasteiger partial charge on any atom is -0.466 e. The summed E-state index contributed by atoms with van der Waals surface area (Å²) in [7, 11) is -4.01. The smallest absolute Gasteiger partial charge is 0.313 e. The van der Waals surface area contributed by atoms with Crippen molar-refractivity contribution in [2.75, 3.05) is 6.61 Å². The zero-order chi connectivity index (χ0) is 18.6. The van der Waals surface area contributed by atoms with E-state index in [-0.39, 0.29) is 18.7 Å². The first kappa shape index (κ1) is 19.7. The Morgan fingerprint density at radius 3 is 2.40 bits per heavy atom. The monoisotopic (exact) mass is 377 g/mol. The Bertz CT molecular complexity index is 709. The fraction of sp³-hybridized carbons (Fsp3) is 0.533. The van der Waals surface area contributed by atoms with Crippen molar-refractivity contribution in [2.45, 2.75) is 38.2 Å². The first-order valence-electron chi connectivity index (χ1n) is 7.89. The molecule has 1 saturated heterocycles. The van der Waals surface area contributed by atoms with E-state index in [1.165, 1.54) is 0 Å². The first-order chi connectivity index (χ1) is 11.8. The van der Waals surface area contributed by atoms with Crippen LogP contribution in [0.25, 0.3) is 0 Å². The lowest BCUT2D eigenvalue weighted by Gasteiger charge is -2.21. The summed E-state index contributed by atoms with van der Waals surface area (Å²) in [6, 6.07) is 2.35. The molecular weight excluding hydrogens is 356 g/mol. The third-order valence-electron chi connectivity index (χ3n) is 3.90.